The summed E-state index contributed by atoms with van der Waals surface area (Å²) < 4.78 is 1.91. The molecule has 1 atom stereocenters. The Labute approximate surface area is 110 Å². The fourth-order valence-corrected chi connectivity index (χ4v) is 2.50. The predicted octanol–water partition coefficient (Wildman–Crippen LogP) is 2.86. The number of alkyl halides is 1. The largest absolute Gasteiger partial charge is 0.310 e. The zero-order valence-electron chi connectivity index (χ0n) is 11.5. The molecule has 1 rings (SSSR count). The molecule has 1 heterocycles. The molecule has 0 aliphatic carbocycles. The maximum atomic E-state index is 6.29. The summed E-state index contributed by atoms with van der Waals surface area (Å²) in [6, 6.07) is 2.10. The molecule has 3 nitrogen and oxygen atoms in total. The van der Waals surface area contributed by atoms with Crippen LogP contribution in [0.5, 0.6) is 0 Å². The highest BCUT2D eigenvalue weighted by molar-refractivity contribution is 6.20. The lowest BCUT2D eigenvalue weighted by Gasteiger charge is -2.22. The molecule has 0 aliphatic rings. The molecule has 0 amide bonds. The van der Waals surface area contributed by atoms with Gasteiger partial charge in [0.1, 0.15) is 0 Å². The van der Waals surface area contributed by atoms with Crippen LogP contribution in [0.2, 0.25) is 0 Å². The third-order valence-corrected chi connectivity index (χ3v) is 2.91. The second kappa shape index (κ2) is 5.87. The molecule has 17 heavy (non-hydrogen) atoms. The maximum Gasteiger partial charge on any atom is 0.0597 e. The molecule has 98 valence electrons. The van der Waals surface area contributed by atoms with E-state index in [2.05, 4.69) is 37.3 Å². The molecule has 0 bridgehead atoms. The van der Waals surface area contributed by atoms with Crippen molar-refractivity contribution in [2.75, 3.05) is 6.54 Å². The van der Waals surface area contributed by atoms with Crippen molar-refractivity contribution in [1.29, 1.82) is 0 Å². The van der Waals surface area contributed by atoms with Crippen LogP contribution in [0, 0.1) is 12.3 Å². The van der Waals surface area contributed by atoms with E-state index in [9.17, 15) is 0 Å². The predicted molar refractivity (Wildman–Crippen MR) is 73.4 cm³/mol. The van der Waals surface area contributed by atoms with Gasteiger partial charge in [0, 0.05) is 25.5 Å². The Bertz CT molecular complexity index is 352. The van der Waals surface area contributed by atoms with Gasteiger partial charge in [-0.25, -0.2) is 0 Å². The van der Waals surface area contributed by atoms with Crippen LogP contribution in [0.15, 0.2) is 6.07 Å². The van der Waals surface area contributed by atoms with Crippen LogP contribution in [0.25, 0.3) is 0 Å². The van der Waals surface area contributed by atoms with Crippen molar-refractivity contribution in [2.24, 2.45) is 12.5 Å². The van der Waals surface area contributed by atoms with Crippen molar-refractivity contribution >= 4 is 11.6 Å². The van der Waals surface area contributed by atoms with E-state index in [1.165, 1.54) is 5.69 Å². The summed E-state index contributed by atoms with van der Waals surface area (Å²) in [6.07, 6.45) is 1.02. The highest BCUT2D eigenvalue weighted by Crippen LogP contribution is 2.23. The first kappa shape index (κ1) is 14.5. The van der Waals surface area contributed by atoms with Crippen molar-refractivity contribution < 1.29 is 0 Å². The number of hydrogen-bond acceptors (Lipinski definition) is 2. The molecular weight excluding hydrogens is 234 g/mol. The molecule has 0 saturated carbocycles. The van der Waals surface area contributed by atoms with Gasteiger partial charge in [-0.3, -0.25) is 4.68 Å². The first-order valence-electron chi connectivity index (χ1n) is 6.12. The minimum absolute atomic E-state index is 0.185. The number of nitrogens with zero attached hydrogens (tertiary/aromatic N) is 2. The van der Waals surface area contributed by atoms with E-state index in [0.29, 0.717) is 0 Å². The Morgan fingerprint density at radius 2 is 2.12 bits per heavy atom. The summed E-state index contributed by atoms with van der Waals surface area (Å²) in [4.78, 5) is 0. The first-order chi connectivity index (χ1) is 7.78. The van der Waals surface area contributed by atoms with Crippen LogP contribution >= 0.6 is 11.6 Å². The number of aryl methyl sites for hydroxylation is 2. The van der Waals surface area contributed by atoms with E-state index in [1.807, 2.05) is 18.7 Å². The van der Waals surface area contributed by atoms with Crippen LogP contribution in [0.4, 0.5) is 0 Å². The normalized spacial score (nSPS) is 14.0. The van der Waals surface area contributed by atoms with Crippen LogP contribution in [0.1, 0.15) is 38.6 Å². The first-order valence-corrected chi connectivity index (χ1v) is 6.56. The van der Waals surface area contributed by atoms with Crippen molar-refractivity contribution in [3.05, 3.63) is 17.5 Å². The molecule has 0 fully saturated rings. The minimum Gasteiger partial charge on any atom is -0.310 e. The lowest BCUT2D eigenvalue weighted by Crippen LogP contribution is -2.27. The Hall–Kier alpha value is -0.540. The monoisotopic (exact) mass is 257 g/mol. The lowest BCUT2D eigenvalue weighted by molar-refractivity contribution is 0.364. The van der Waals surface area contributed by atoms with Gasteiger partial charge in [-0.2, -0.15) is 5.10 Å². The zero-order valence-corrected chi connectivity index (χ0v) is 12.3. The second-order valence-corrected chi connectivity index (χ2v) is 6.51. The lowest BCUT2D eigenvalue weighted by atomic mass is 9.90. The molecule has 0 aromatic carbocycles. The van der Waals surface area contributed by atoms with Gasteiger partial charge in [0.05, 0.1) is 11.4 Å². The number of nitrogens with one attached hydrogen (secondary N) is 1. The average Bonchev–Trinajstić information content (AvgIpc) is 2.42. The van der Waals surface area contributed by atoms with Crippen molar-refractivity contribution in [2.45, 2.75) is 46.0 Å². The Morgan fingerprint density at radius 3 is 2.59 bits per heavy atom. The van der Waals surface area contributed by atoms with E-state index < -0.39 is 0 Å². The maximum absolute atomic E-state index is 6.29. The van der Waals surface area contributed by atoms with Gasteiger partial charge in [-0.05, 0) is 24.8 Å². The minimum atomic E-state index is 0.185. The summed E-state index contributed by atoms with van der Waals surface area (Å²) >= 11 is 6.29. The van der Waals surface area contributed by atoms with Gasteiger partial charge >= 0.3 is 0 Å². The van der Waals surface area contributed by atoms with Crippen molar-refractivity contribution in [1.82, 2.24) is 15.1 Å². The van der Waals surface area contributed by atoms with Gasteiger partial charge in [0.15, 0.2) is 0 Å². The summed E-state index contributed by atoms with van der Waals surface area (Å²) in [7, 11) is 1.97. The third kappa shape index (κ3) is 5.55. The van der Waals surface area contributed by atoms with Crippen LogP contribution in [0.3, 0.4) is 0 Å². The molecule has 1 aromatic rings. The third-order valence-electron chi connectivity index (χ3n) is 2.60. The number of halogens is 1. The van der Waals surface area contributed by atoms with Gasteiger partial charge in [-0.1, -0.05) is 20.8 Å². The highest BCUT2D eigenvalue weighted by Gasteiger charge is 2.16. The number of hydrogen-bond donors (Lipinski definition) is 1. The SMILES string of the molecule is Cc1cc(CNCC(Cl)CC(C)(C)C)n(C)n1. The quantitative estimate of drug-likeness (QED) is 0.822. The molecular formula is C13H24ClN3. The van der Waals surface area contributed by atoms with Crippen LogP contribution < -0.4 is 5.32 Å². The van der Waals surface area contributed by atoms with E-state index in [1.54, 1.807) is 0 Å². The molecule has 0 saturated heterocycles. The van der Waals surface area contributed by atoms with Crippen LogP contribution in [-0.4, -0.2) is 21.7 Å². The Morgan fingerprint density at radius 1 is 1.47 bits per heavy atom. The van der Waals surface area contributed by atoms with E-state index in [0.717, 1.165) is 25.2 Å². The number of rotatable bonds is 5. The average molecular weight is 258 g/mol. The molecule has 1 aromatic heterocycles. The standard InChI is InChI=1S/C13H24ClN3/c1-10-6-12(17(5)16-10)9-15-8-11(14)7-13(2,3)4/h6,11,15H,7-9H2,1-5H3. The fourth-order valence-electron chi connectivity index (χ4n) is 1.92. The van der Waals surface area contributed by atoms with Gasteiger partial charge in [-0.15, -0.1) is 11.6 Å². The Kier molecular flexibility index (Phi) is 5.02. The summed E-state index contributed by atoms with van der Waals surface area (Å²) in [6.45, 7) is 10.3. The second-order valence-electron chi connectivity index (χ2n) is 5.89. The van der Waals surface area contributed by atoms with E-state index >= 15 is 0 Å². The Balaban J connectivity index is 2.31. The van der Waals surface area contributed by atoms with Crippen molar-refractivity contribution in [3.8, 4) is 0 Å². The molecule has 0 aliphatic heterocycles. The topological polar surface area (TPSA) is 29.9 Å². The van der Waals surface area contributed by atoms with E-state index in [-0.39, 0.29) is 10.8 Å². The van der Waals surface area contributed by atoms with E-state index in [4.69, 9.17) is 11.6 Å². The highest BCUT2D eigenvalue weighted by atomic mass is 35.5. The van der Waals surface area contributed by atoms with Gasteiger partial charge in [0.25, 0.3) is 0 Å². The smallest absolute Gasteiger partial charge is 0.0597 e. The summed E-state index contributed by atoms with van der Waals surface area (Å²) in [5, 5.41) is 7.88. The van der Waals surface area contributed by atoms with Gasteiger partial charge in [0.2, 0.25) is 0 Å². The van der Waals surface area contributed by atoms with Crippen LogP contribution in [-0.2, 0) is 13.6 Å². The molecule has 4 heteroatoms. The zero-order chi connectivity index (χ0) is 13.1. The van der Waals surface area contributed by atoms with Gasteiger partial charge < -0.3 is 5.32 Å². The molecule has 0 radical (unpaired) electrons. The molecule has 0 spiro atoms. The molecule has 1 N–H and O–H groups in total. The van der Waals surface area contributed by atoms with Crippen molar-refractivity contribution in [3.63, 3.8) is 0 Å². The summed E-state index contributed by atoms with van der Waals surface area (Å²) in [5.41, 5.74) is 2.54. The number of aromatic nitrogens is 2. The summed E-state index contributed by atoms with van der Waals surface area (Å²) in [5.74, 6) is 0. The fraction of sp³-hybridized carbons (Fsp3) is 0.769. The molecule has 1 unspecified atom stereocenters.